The van der Waals surface area contributed by atoms with Gasteiger partial charge < -0.3 is 9.80 Å². The van der Waals surface area contributed by atoms with Crippen LogP contribution in [0.5, 0.6) is 0 Å². The number of aromatic nitrogens is 2. The highest BCUT2D eigenvalue weighted by Crippen LogP contribution is 2.24. The molecule has 1 amide bonds. The number of hydrogen-bond acceptors (Lipinski definition) is 5. The number of carbonyl (C=O) groups excluding carboxylic acids is 1. The molecular weight excluding hydrogens is 320 g/mol. The van der Waals surface area contributed by atoms with Crippen LogP contribution in [0.1, 0.15) is 32.1 Å². The second-order valence-corrected chi connectivity index (χ2v) is 7.09. The quantitative estimate of drug-likeness (QED) is 0.479. The molecule has 2 saturated heterocycles. The third-order valence-electron chi connectivity index (χ3n) is 4.12. The van der Waals surface area contributed by atoms with Gasteiger partial charge in [-0.2, -0.15) is 0 Å². The molecule has 1 aromatic rings. The average molecular weight is 341 g/mol. The van der Waals surface area contributed by atoms with Crippen molar-refractivity contribution < 1.29 is 4.79 Å². The van der Waals surface area contributed by atoms with Crippen LogP contribution in [0.25, 0.3) is 0 Å². The number of amides is 1. The first kappa shape index (κ1) is 15.9. The fourth-order valence-corrected chi connectivity index (χ4v) is 3.90. The molecule has 0 aromatic carbocycles. The van der Waals surface area contributed by atoms with E-state index in [4.69, 9.17) is 11.6 Å². The van der Waals surface area contributed by atoms with Crippen LogP contribution in [0.15, 0.2) is 11.2 Å². The minimum absolute atomic E-state index is 0.172. The molecule has 1 aromatic heterocycles. The number of rotatable bonds is 4. The Balaban J connectivity index is 1.62. The molecule has 7 heteroatoms. The monoisotopic (exact) mass is 340 g/mol. The molecule has 0 radical (unpaired) electrons. The van der Waals surface area contributed by atoms with E-state index in [1.165, 1.54) is 31.0 Å². The predicted octanol–water partition coefficient (Wildman–Crippen LogP) is 2.83. The number of anilines is 1. The maximum Gasteiger partial charge on any atom is 0.233 e. The van der Waals surface area contributed by atoms with Crippen LogP contribution in [0.2, 0.25) is 5.15 Å². The summed E-state index contributed by atoms with van der Waals surface area (Å²) in [5.74, 6) is 1.45. The zero-order valence-corrected chi connectivity index (χ0v) is 14.2. The molecule has 22 heavy (non-hydrogen) atoms. The molecule has 2 aliphatic heterocycles. The summed E-state index contributed by atoms with van der Waals surface area (Å²) in [5, 5.41) is 1.05. The first-order chi connectivity index (χ1) is 10.7. The highest BCUT2D eigenvalue weighted by atomic mass is 35.5. The molecule has 120 valence electrons. The van der Waals surface area contributed by atoms with Crippen molar-refractivity contribution in [2.45, 2.75) is 37.3 Å². The van der Waals surface area contributed by atoms with Gasteiger partial charge in [0, 0.05) is 32.2 Å². The summed E-state index contributed by atoms with van der Waals surface area (Å²) < 4.78 is 0. The molecule has 3 heterocycles. The summed E-state index contributed by atoms with van der Waals surface area (Å²) in [6.45, 7) is 3.80. The summed E-state index contributed by atoms with van der Waals surface area (Å²) in [6.07, 6.45) is 5.89. The lowest BCUT2D eigenvalue weighted by Gasteiger charge is -2.27. The summed E-state index contributed by atoms with van der Waals surface area (Å²) in [6, 6.07) is 1.82. The third-order valence-corrected chi connectivity index (χ3v) is 5.15. The fraction of sp³-hybridized carbons (Fsp3) is 0.667. The summed E-state index contributed by atoms with van der Waals surface area (Å²) >= 11 is 7.51. The first-order valence-corrected chi connectivity index (χ1v) is 9.29. The van der Waals surface area contributed by atoms with E-state index in [2.05, 4.69) is 14.9 Å². The van der Waals surface area contributed by atoms with Crippen molar-refractivity contribution in [2.24, 2.45) is 0 Å². The summed E-state index contributed by atoms with van der Waals surface area (Å²) in [7, 11) is 0. The topological polar surface area (TPSA) is 49.3 Å². The van der Waals surface area contributed by atoms with Crippen LogP contribution in [0.3, 0.4) is 0 Å². The number of thioether (sulfide) groups is 1. The molecule has 3 rings (SSSR count). The van der Waals surface area contributed by atoms with Crippen molar-refractivity contribution in [3.8, 4) is 0 Å². The zero-order chi connectivity index (χ0) is 15.4. The molecule has 0 spiro atoms. The maximum absolute atomic E-state index is 12.1. The Morgan fingerprint density at radius 3 is 2.50 bits per heavy atom. The Morgan fingerprint density at radius 1 is 1.09 bits per heavy atom. The number of likely N-dealkylation sites (tertiary alicyclic amines) is 1. The van der Waals surface area contributed by atoms with E-state index in [0.29, 0.717) is 16.1 Å². The van der Waals surface area contributed by atoms with Crippen LogP contribution in [-0.2, 0) is 4.79 Å². The first-order valence-electron chi connectivity index (χ1n) is 7.92. The smallest absolute Gasteiger partial charge is 0.233 e. The third kappa shape index (κ3) is 4.04. The van der Waals surface area contributed by atoms with Gasteiger partial charge in [0.05, 0.1) is 5.75 Å². The van der Waals surface area contributed by atoms with E-state index in [1.54, 1.807) is 0 Å². The molecule has 0 N–H and O–H groups in total. The molecule has 2 aliphatic rings. The van der Waals surface area contributed by atoms with Crippen molar-refractivity contribution in [3.63, 3.8) is 0 Å². The van der Waals surface area contributed by atoms with E-state index >= 15 is 0 Å². The van der Waals surface area contributed by atoms with Gasteiger partial charge in [-0.25, -0.2) is 9.97 Å². The highest BCUT2D eigenvalue weighted by molar-refractivity contribution is 7.99. The van der Waals surface area contributed by atoms with E-state index in [0.717, 1.165) is 44.8 Å². The van der Waals surface area contributed by atoms with Crippen LogP contribution < -0.4 is 4.90 Å². The van der Waals surface area contributed by atoms with E-state index < -0.39 is 0 Å². The van der Waals surface area contributed by atoms with Gasteiger partial charge in [-0.1, -0.05) is 23.4 Å². The molecular formula is C15H21ClN4OS. The second kappa shape index (κ2) is 7.51. The number of halogens is 1. The van der Waals surface area contributed by atoms with Gasteiger partial charge in [0.1, 0.15) is 11.0 Å². The number of nitrogens with zero attached hydrogens (tertiary/aromatic N) is 4. The van der Waals surface area contributed by atoms with Crippen molar-refractivity contribution in [1.82, 2.24) is 14.9 Å². The van der Waals surface area contributed by atoms with Gasteiger partial charge in [0.15, 0.2) is 5.16 Å². The molecule has 5 nitrogen and oxygen atoms in total. The molecule has 0 aliphatic carbocycles. The van der Waals surface area contributed by atoms with Crippen molar-refractivity contribution in [2.75, 3.05) is 36.8 Å². The molecule has 0 unspecified atom stereocenters. The van der Waals surface area contributed by atoms with Crippen molar-refractivity contribution in [3.05, 3.63) is 11.2 Å². The zero-order valence-electron chi connectivity index (χ0n) is 12.6. The summed E-state index contributed by atoms with van der Waals surface area (Å²) in [4.78, 5) is 25.1. The molecule has 0 bridgehead atoms. The van der Waals surface area contributed by atoms with Gasteiger partial charge >= 0.3 is 0 Å². The number of piperidine rings is 1. The van der Waals surface area contributed by atoms with Gasteiger partial charge in [-0.15, -0.1) is 0 Å². The van der Waals surface area contributed by atoms with Crippen LogP contribution in [0, 0.1) is 0 Å². The largest absolute Gasteiger partial charge is 0.356 e. The Morgan fingerprint density at radius 2 is 1.77 bits per heavy atom. The highest BCUT2D eigenvalue weighted by Gasteiger charge is 2.19. The summed E-state index contributed by atoms with van der Waals surface area (Å²) in [5.41, 5.74) is 0. The SMILES string of the molecule is O=C(CSc1nc(Cl)cc(N2CCCCC2)n1)N1CCCC1. The fourth-order valence-electron chi connectivity index (χ4n) is 2.92. The Kier molecular flexibility index (Phi) is 5.41. The Bertz CT molecular complexity index is 530. The molecule has 0 atom stereocenters. The van der Waals surface area contributed by atoms with E-state index in [1.807, 2.05) is 11.0 Å². The van der Waals surface area contributed by atoms with E-state index in [9.17, 15) is 4.79 Å². The predicted molar refractivity (Wildman–Crippen MR) is 89.6 cm³/mol. The van der Waals surface area contributed by atoms with Crippen LogP contribution in [-0.4, -0.2) is 52.7 Å². The number of hydrogen-bond donors (Lipinski definition) is 0. The van der Waals surface area contributed by atoms with Crippen molar-refractivity contribution >= 4 is 35.1 Å². The average Bonchev–Trinajstić information content (AvgIpc) is 3.07. The molecule has 2 fully saturated rings. The minimum atomic E-state index is 0.172. The van der Waals surface area contributed by atoms with Gasteiger partial charge in [-0.3, -0.25) is 4.79 Å². The van der Waals surface area contributed by atoms with E-state index in [-0.39, 0.29) is 5.91 Å². The lowest BCUT2D eigenvalue weighted by Crippen LogP contribution is -2.30. The van der Waals surface area contributed by atoms with Crippen LogP contribution in [0.4, 0.5) is 5.82 Å². The van der Waals surface area contributed by atoms with Gasteiger partial charge in [0.2, 0.25) is 5.91 Å². The number of carbonyl (C=O) groups is 1. The van der Waals surface area contributed by atoms with Gasteiger partial charge in [0.25, 0.3) is 0 Å². The standard InChI is InChI=1S/C15H21ClN4OS/c16-12-10-13(19-6-2-1-3-7-19)18-15(17-12)22-11-14(21)20-8-4-5-9-20/h10H,1-9,11H2. The lowest BCUT2D eigenvalue weighted by molar-refractivity contribution is -0.127. The Labute approximate surface area is 140 Å². The Hall–Kier alpha value is -1.01. The normalized spacial score (nSPS) is 18.8. The van der Waals surface area contributed by atoms with Crippen molar-refractivity contribution in [1.29, 1.82) is 0 Å². The minimum Gasteiger partial charge on any atom is -0.356 e. The molecule has 0 saturated carbocycles. The maximum atomic E-state index is 12.1. The lowest BCUT2D eigenvalue weighted by atomic mass is 10.1. The van der Waals surface area contributed by atoms with Crippen LogP contribution >= 0.6 is 23.4 Å². The van der Waals surface area contributed by atoms with Gasteiger partial charge in [-0.05, 0) is 32.1 Å². The second-order valence-electron chi connectivity index (χ2n) is 5.76.